The Morgan fingerprint density at radius 1 is 1.23 bits per heavy atom. The van der Waals surface area contributed by atoms with E-state index in [1.807, 2.05) is 23.1 Å². The van der Waals surface area contributed by atoms with Crippen LogP contribution in [0.15, 0.2) is 30.3 Å². The van der Waals surface area contributed by atoms with E-state index in [1.165, 1.54) is 18.4 Å². The van der Waals surface area contributed by atoms with Gasteiger partial charge >= 0.3 is 0 Å². The molecule has 0 radical (unpaired) electrons. The fourth-order valence-electron chi connectivity index (χ4n) is 3.33. The number of amides is 1. The number of likely N-dealkylation sites (tertiary alicyclic amines) is 1. The van der Waals surface area contributed by atoms with Crippen molar-refractivity contribution in [2.45, 2.75) is 38.3 Å². The summed E-state index contributed by atoms with van der Waals surface area (Å²) in [5, 5.41) is 0. The van der Waals surface area contributed by atoms with E-state index < -0.39 is 0 Å². The Bertz CT molecular complexity index is 487. The molecule has 2 aliphatic rings. The molecule has 1 aliphatic carbocycles. The van der Waals surface area contributed by atoms with Crippen molar-refractivity contribution >= 4 is 5.91 Å². The van der Waals surface area contributed by atoms with Crippen LogP contribution in [-0.4, -0.2) is 36.5 Å². The van der Waals surface area contributed by atoms with Gasteiger partial charge in [0.1, 0.15) is 0 Å². The highest BCUT2D eigenvalue weighted by Gasteiger charge is 2.41. The lowest BCUT2D eigenvalue weighted by Crippen LogP contribution is -2.32. The second-order valence-electron chi connectivity index (χ2n) is 6.61. The molecule has 1 saturated carbocycles. The highest BCUT2D eigenvalue weighted by molar-refractivity contribution is 5.76. The van der Waals surface area contributed by atoms with Crippen molar-refractivity contribution < 1.29 is 9.53 Å². The van der Waals surface area contributed by atoms with Gasteiger partial charge in [-0.1, -0.05) is 30.3 Å². The third-order valence-electron chi connectivity index (χ3n) is 4.78. The van der Waals surface area contributed by atoms with Gasteiger partial charge in [0.2, 0.25) is 5.91 Å². The molecule has 2 fully saturated rings. The van der Waals surface area contributed by atoms with Crippen LogP contribution < -0.4 is 5.73 Å². The smallest absolute Gasteiger partial charge is 0.222 e. The molecule has 0 aromatic heterocycles. The Labute approximate surface area is 132 Å². The van der Waals surface area contributed by atoms with Gasteiger partial charge in [-0.3, -0.25) is 4.79 Å². The summed E-state index contributed by atoms with van der Waals surface area (Å²) in [6.07, 6.45) is 3.95. The fourth-order valence-corrected chi connectivity index (χ4v) is 3.33. The van der Waals surface area contributed by atoms with Crippen molar-refractivity contribution in [1.29, 1.82) is 0 Å². The van der Waals surface area contributed by atoms with Crippen LogP contribution in [0, 0.1) is 11.8 Å². The molecule has 120 valence electrons. The predicted molar refractivity (Wildman–Crippen MR) is 86.1 cm³/mol. The first-order valence-corrected chi connectivity index (χ1v) is 8.39. The summed E-state index contributed by atoms with van der Waals surface area (Å²) in [6.45, 7) is 2.86. The van der Waals surface area contributed by atoms with E-state index in [0.29, 0.717) is 25.6 Å². The Kier molecular flexibility index (Phi) is 5.11. The molecule has 4 nitrogen and oxygen atoms in total. The van der Waals surface area contributed by atoms with Crippen LogP contribution in [0.2, 0.25) is 0 Å². The average Bonchev–Trinajstić information content (AvgIpc) is 3.30. The van der Waals surface area contributed by atoms with E-state index in [9.17, 15) is 4.79 Å². The standard InChI is InChI=1S/C18H26N2O2/c19-17-12-20(11-16(17)15-8-9-15)18(21)7-4-10-22-13-14-5-2-1-3-6-14/h1-3,5-6,15-17H,4,7-13,19H2/t16-,17+/m1/s1. The average molecular weight is 302 g/mol. The summed E-state index contributed by atoms with van der Waals surface area (Å²) in [4.78, 5) is 14.2. The van der Waals surface area contributed by atoms with Crippen molar-refractivity contribution in [2.75, 3.05) is 19.7 Å². The molecule has 1 saturated heterocycles. The third kappa shape index (κ3) is 4.08. The van der Waals surface area contributed by atoms with E-state index in [2.05, 4.69) is 12.1 Å². The zero-order valence-electron chi connectivity index (χ0n) is 13.1. The molecule has 1 aromatic carbocycles. The van der Waals surface area contributed by atoms with Crippen LogP contribution in [0.25, 0.3) is 0 Å². The molecule has 22 heavy (non-hydrogen) atoms. The summed E-state index contributed by atoms with van der Waals surface area (Å²) >= 11 is 0. The van der Waals surface area contributed by atoms with Crippen LogP contribution in [0.3, 0.4) is 0 Å². The van der Waals surface area contributed by atoms with Gasteiger partial charge in [0, 0.05) is 32.2 Å². The first-order valence-electron chi connectivity index (χ1n) is 8.39. The van der Waals surface area contributed by atoms with Gasteiger partial charge in [0.25, 0.3) is 0 Å². The maximum absolute atomic E-state index is 12.2. The maximum Gasteiger partial charge on any atom is 0.222 e. The molecular weight excluding hydrogens is 276 g/mol. The number of ether oxygens (including phenoxy) is 1. The van der Waals surface area contributed by atoms with E-state index in [-0.39, 0.29) is 11.9 Å². The van der Waals surface area contributed by atoms with E-state index in [0.717, 1.165) is 25.4 Å². The second-order valence-corrected chi connectivity index (χ2v) is 6.61. The Hall–Kier alpha value is -1.39. The Morgan fingerprint density at radius 2 is 2.00 bits per heavy atom. The van der Waals surface area contributed by atoms with Crippen molar-refractivity contribution in [2.24, 2.45) is 17.6 Å². The summed E-state index contributed by atoms with van der Waals surface area (Å²) in [5.74, 6) is 1.56. The van der Waals surface area contributed by atoms with Crippen molar-refractivity contribution in [3.05, 3.63) is 35.9 Å². The number of carbonyl (C=O) groups excluding carboxylic acids is 1. The molecule has 1 aromatic rings. The van der Waals surface area contributed by atoms with Crippen LogP contribution in [0.5, 0.6) is 0 Å². The highest BCUT2D eigenvalue weighted by atomic mass is 16.5. The van der Waals surface area contributed by atoms with Crippen molar-refractivity contribution in [3.63, 3.8) is 0 Å². The SMILES string of the molecule is N[C@H]1CN(C(=O)CCCOCc2ccccc2)C[C@@H]1C1CC1. The summed E-state index contributed by atoms with van der Waals surface area (Å²) in [5.41, 5.74) is 7.34. The summed E-state index contributed by atoms with van der Waals surface area (Å²) < 4.78 is 5.63. The first kappa shape index (κ1) is 15.5. The minimum absolute atomic E-state index is 0.186. The zero-order chi connectivity index (χ0) is 15.4. The first-order chi connectivity index (χ1) is 10.7. The predicted octanol–water partition coefficient (Wildman–Crippen LogP) is 2.18. The zero-order valence-corrected chi connectivity index (χ0v) is 13.1. The van der Waals surface area contributed by atoms with E-state index >= 15 is 0 Å². The van der Waals surface area contributed by atoms with Gasteiger partial charge in [-0.05, 0) is 36.7 Å². The molecule has 4 heteroatoms. The number of carbonyl (C=O) groups is 1. The molecule has 1 heterocycles. The van der Waals surface area contributed by atoms with Crippen molar-refractivity contribution in [3.8, 4) is 0 Å². The fraction of sp³-hybridized carbons (Fsp3) is 0.611. The monoisotopic (exact) mass is 302 g/mol. The Morgan fingerprint density at radius 3 is 2.73 bits per heavy atom. The minimum atomic E-state index is 0.186. The van der Waals surface area contributed by atoms with Gasteiger partial charge in [-0.15, -0.1) is 0 Å². The lowest BCUT2D eigenvalue weighted by atomic mass is 9.99. The molecule has 0 spiro atoms. The summed E-state index contributed by atoms with van der Waals surface area (Å²) in [6, 6.07) is 10.3. The molecule has 0 unspecified atom stereocenters. The van der Waals surface area contributed by atoms with Crippen LogP contribution in [-0.2, 0) is 16.1 Å². The van der Waals surface area contributed by atoms with Gasteiger partial charge in [0.05, 0.1) is 6.61 Å². The lowest BCUT2D eigenvalue weighted by molar-refractivity contribution is -0.130. The molecule has 2 atom stereocenters. The van der Waals surface area contributed by atoms with Gasteiger partial charge in [-0.2, -0.15) is 0 Å². The normalized spacial score (nSPS) is 24.7. The largest absolute Gasteiger partial charge is 0.377 e. The van der Waals surface area contributed by atoms with E-state index in [4.69, 9.17) is 10.5 Å². The number of hydrogen-bond acceptors (Lipinski definition) is 3. The minimum Gasteiger partial charge on any atom is -0.377 e. The van der Waals surface area contributed by atoms with Crippen LogP contribution >= 0.6 is 0 Å². The molecular formula is C18H26N2O2. The lowest BCUT2D eigenvalue weighted by Gasteiger charge is -2.16. The molecule has 2 N–H and O–H groups in total. The van der Waals surface area contributed by atoms with Crippen molar-refractivity contribution in [1.82, 2.24) is 4.90 Å². The molecule has 1 amide bonds. The summed E-state index contributed by atoms with van der Waals surface area (Å²) in [7, 11) is 0. The van der Waals surface area contributed by atoms with Gasteiger partial charge < -0.3 is 15.4 Å². The second kappa shape index (κ2) is 7.25. The molecule has 0 bridgehead atoms. The Balaban J connectivity index is 1.31. The third-order valence-corrected chi connectivity index (χ3v) is 4.78. The molecule has 1 aliphatic heterocycles. The quantitative estimate of drug-likeness (QED) is 0.785. The number of benzene rings is 1. The number of rotatable bonds is 7. The number of hydrogen-bond donors (Lipinski definition) is 1. The van der Waals surface area contributed by atoms with Crippen LogP contribution in [0.4, 0.5) is 0 Å². The number of nitrogens with zero attached hydrogens (tertiary/aromatic N) is 1. The molecule has 3 rings (SSSR count). The van der Waals surface area contributed by atoms with Gasteiger partial charge in [-0.25, -0.2) is 0 Å². The number of nitrogens with two attached hydrogens (primary N) is 1. The topological polar surface area (TPSA) is 55.6 Å². The highest BCUT2D eigenvalue weighted by Crippen LogP contribution is 2.40. The van der Waals surface area contributed by atoms with Crippen LogP contribution in [0.1, 0.15) is 31.2 Å². The maximum atomic E-state index is 12.2. The van der Waals surface area contributed by atoms with Gasteiger partial charge in [0.15, 0.2) is 0 Å². The van der Waals surface area contributed by atoms with E-state index in [1.54, 1.807) is 0 Å².